The lowest BCUT2D eigenvalue weighted by Crippen LogP contribution is -2.26. The number of methoxy groups -OCH3 is 3. The average molecular weight is 332 g/mol. The molecule has 24 heavy (non-hydrogen) atoms. The second kappa shape index (κ2) is 9.10. The SMILES string of the molecule is COc1ccc(CN(CCO)Cc2cccnc2)c(OC)c1OC. The van der Waals surface area contributed by atoms with Crippen LogP contribution in [0.15, 0.2) is 36.7 Å². The van der Waals surface area contributed by atoms with Gasteiger partial charge in [0.2, 0.25) is 5.75 Å². The largest absolute Gasteiger partial charge is 0.493 e. The molecule has 2 rings (SSSR count). The number of pyridine rings is 1. The number of nitrogens with zero attached hydrogens (tertiary/aromatic N) is 2. The van der Waals surface area contributed by atoms with Gasteiger partial charge in [0.15, 0.2) is 11.5 Å². The molecule has 1 aromatic carbocycles. The van der Waals surface area contributed by atoms with E-state index in [9.17, 15) is 5.11 Å². The van der Waals surface area contributed by atoms with Crippen molar-refractivity contribution in [2.75, 3.05) is 34.5 Å². The Kier molecular flexibility index (Phi) is 6.84. The minimum atomic E-state index is 0.0792. The van der Waals surface area contributed by atoms with Crippen molar-refractivity contribution >= 4 is 0 Å². The fourth-order valence-corrected chi connectivity index (χ4v) is 2.63. The maximum absolute atomic E-state index is 9.37. The molecule has 0 amide bonds. The summed E-state index contributed by atoms with van der Waals surface area (Å²) in [5.74, 6) is 1.84. The Morgan fingerprint density at radius 2 is 1.79 bits per heavy atom. The molecule has 0 saturated heterocycles. The molecule has 1 heterocycles. The van der Waals surface area contributed by atoms with Gasteiger partial charge in [-0.3, -0.25) is 9.88 Å². The number of aliphatic hydroxyl groups is 1. The van der Waals surface area contributed by atoms with Crippen LogP contribution in [0.1, 0.15) is 11.1 Å². The quantitative estimate of drug-likeness (QED) is 0.759. The molecular weight excluding hydrogens is 308 g/mol. The summed E-state index contributed by atoms with van der Waals surface area (Å²) in [5.41, 5.74) is 2.05. The van der Waals surface area contributed by atoms with Gasteiger partial charge in [-0.2, -0.15) is 0 Å². The predicted octanol–water partition coefficient (Wildman–Crippen LogP) is 2.10. The highest BCUT2D eigenvalue weighted by Gasteiger charge is 2.18. The number of ether oxygens (including phenoxy) is 3. The molecular formula is C18H24N2O4. The Hall–Kier alpha value is -2.31. The lowest BCUT2D eigenvalue weighted by Gasteiger charge is -2.23. The van der Waals surface area contributed by atoms with Gasteiger partial charge < -0.3 is 19.3 Å². The van der Waals surface area contributed by atoms with Crippen LogP contribution in [0.4, 0.5) is 0 Å². The second-order valence-electron chi connectivity index (χ2n) is 5.29. The van der Waals surface area contributed by atoms with Gasteiger partial charge in [0.05, 0.1) is 27.9 Å². The van der Waals surface area contributed by atoms with Crippen LogP contribution in [0.5, 0.6) is 17.2 Å². The van der Waals surface area contributed by atoms with E-state index in [0.29, 0.717) is 36.9 Å². The molecule has 0 bridgehead atoms. The number of aromatic nitrogens is 1. The summed E-state index contributed by atoms with van der Waals surface area (Å²) in [7, 11) is 4.79. The van der Waals surface area contributed by atoms with Crippen LogP contribution in [-0.4, -0.2) is 49.5 Å². The fourth-order valence-electron chi connectivity index (χ4n) is 2.63. The molecule has 0 unspecified atom stereocenters. The van der Waals surface area contributed by atoms with E-state index in [4.69, 9.17) is 14.2 Å². The van der Waals surface area contributed by atoms with Crippen LogP contribution in [0.3, 0.4) is 0 Å². The summed E-state index contributed by atoms with van der Waals surface area (Å²) >= 11 is 0. The summed E-state index contributed by atoms with van der Waals surface area (Å²) < 4.78 is 16.3. The summed E-state index contributed by atoms with van der Waals surface area (Å²) in [6.07, 6.45) is 3.58. The van der Waals surface area contributed by atoms with Crippen molar-refractivity contribution in [1.82, 2.24) is 9.88 Å². The van der Waals surface area contributed by atoms with Crippen LogP contribution < -0.4 is 14.2 Å². The van der Waals surface area contributed by atoms with Gasteiger partial charge in [-0.05, 0) is 17.7 Å². The van der Waals surface area contributed by atoms with Gasteiger partial charge >= 0.3 is 0 Å². The van der Waals surface area contributed by atoms with Gasteiger partial charge in [0.1, 0.15) is 0 Å². The van der Waals surface area contributed by atoms with E-state index < -0.39 is 0 Å². The van der Waals surface area contributed by atoms with E-state index in [1.807, 2.05) is 30.5 Å². The molecule has 0 radical (unpaired) electrons. The van der Waals surface area contributed by atoms with Crippen molar-refractivity contribution in [2.45, 2.75) is 13.1 Å². The number of aliphatic hydroxyl groups excluding tert-OH is 1. The minimum Gasteiger partial charge on any atom is -0.493 e. The third kappa shape index (κ3) is 4.37. The normalized spacial score (nSPS) is 10.7. The monoisotopic (exact) mass is 332 g/mol. The predicted molar refractivity (Wildman–Crippen MR) is 91.5 cm³/mol. The standard InChI is InChI=1S/C18H24N2O4/c1-22-16-7-6-15(17(23-2)18(16)24-3)13-20(9-10-21)12-14-5-4-8-19-11-14/h4-8,11,21H,9-10,12-13H2,1-3H3. The van der Waals surface area contributed by atoms with Crippen LogP contribution in [0, 0.1) is 0 Å². The fraction of sp³-hybridized carbons (Fsp3) is 0.389. The van der Waals surface area contributed by atoms with Crippen molar-refractivity contribution in [3.8, 4) is 17.2 Å². The first-order valence-electron chi connectivity index (χ1n) is 7.73. The van der Waals surface area contributed by atoms with E-state index in [2.05, 4.69) is 9.88 Å². The highest BCUT2D eigenvalue weighted by Crippen LogP contribution is 2.40. The molecule has 1 aromatic heterocycles. The summed E-state index contributed by atoms with van der Waals surface area (Å²) in [6, 6.07) is 7.73. The molecule has 130 valence electrons. The summed E-state index contributed by atoms with van der Waals surface area (Å²) in [4.78, 5) is 6.26. The first kappa shape index (κ1) is 18.0. The van der Waals surface area contributed by atoms with Crippen molar-refractivity contribution in [3.05, 3.63) is 47.8 Å². The first-order valence-corrected chi connectivity index (χ1v) is 7.73. The van der Waals surface area contributed by atoms with Crippen LogP contribution in [0.25, 0.3) is 0 Å². The van der Waals surface area contributed by atoms with E-state index >= 15 is 0 Å². The lowest BCUT2D eigenvalue weighted by molar-refractivity contribution is 0.182. The van der Waals surface area contributed by atoms with Crippen molar-refractivity contribution in [2.24, 2.45) is 0 Å². The highest BCUT2D eigenvalue weighted by atomic mass is 16.5. The second-order valence-corrected chi connectivity index (χ2v) is 5.29. The maximum Gasteiger partial charge on any atom is 0.203 e. The number of benzene rings is 1. The van der Waals surface area contributed by atoms with Crippen LogP contribution in [0.2, 0.25) is 0 Å². The van der Waals surface area contributed by atoms with Crippen LogP contribution >= 0.6 is 0 Å². The maximum atomic E-state index is 9.37. The molecule has 0 spiro atoms. The highest BCUT2D eigenvalue weighted by molar-refractivity contribution is 5.55. The molecule has 6 heteroatoms. The first-order chi connectivity index (χ1) is 11.7. The lowest BCUT2D eigenvalue weighted by atomic mass is 10.1. The van der Waals surface area contributed by atoms with Gasteiger partial charge in [-0.1, -0.05) is 12.1 Å². The van der Waals surface area contributed by atoms with Crippen LogP contribution in [-0.2, 0) is 13.1 Å². The number of hydrogen-bond acceptors (Lipinski definition) is 6. The van der Waals surface area contributed by atoms with E-state index in [0.717, 1.165) is 11.1 Å². The zero-order chi connectivity index (χ0) is 17.4. The Bertz CT molecular complexity index is 634. The van der Waals surface area contributed by atoms with Gasteiger partial charge in [-0.15, -0.1) is 0 Å². The smallest absolute Gasteiger partial charge is 0.203 e. The minimum absolute atomic E-state index is 0.0792. The summed E-state index contributed by atoms with van der Waals surface area (Å²) in [5, 5.41) is 9.37. The Labute approximate surface area is 142 Å². The molecule has 0 aliphatic carbocycles. The Morgan fingerprint density at radius 3 is 2.38 bits per heavy atom. The third-order valence-corrected chi connectivity index (χ3v) is 3.72. The van der Waals surface area contributed by atoms with Gasteiger partial charge in [0.25, 0.3) is 0 Å². The van der Waals surface area contributed by atoms with Crippen molar-refractivity contribution in [3.63, 3.8) is 0 Å². The molecule has 6 nitrogen and oxygen atoms in total. The number of rotatable bonds is 9. The van der Waals surface area contributed by atoms with Crippen molar-refractivity contribution < 1.29 is 19.3 Å². The van der Waals surface area contributed by atoms with E-state index in [1.54, 1.807) is 27.5 Å². The molecule has 1 N–H and O–H groups in total. The molecule has 0 aliphatic rings. The molecule has 0 saturated carbocycles. The third-order valence-electron chi connectivity index (χ3n) is 3.72. The zero-order valence-corrected chi connectivity index (χ0v) is 14.4. The number of hydrogen-bond donors (Lipinski definition) is 1. The van der Waals surface area contributed by atoms with Gasteiger partial charge in [-0.25, -0.2) is 0 Å². The zero-order valence-electron chi connectivity index (χ0n) is 14.4. The van der Waals surface area contributed by atoms with E-state index in [-0.39, 0.29) is 6.61 Å². The Morgan fingerprint density at radius 1 is 1.00 bits per heavy atom. The average Bonchev–Trinajstić information content (AvgIpc) is 2.62. The topological polar surface area (TPSA) is 64.1 Å². The molecule has 2 aromatic rings. The summed E-state index contributed by atoms with van der Waals surface area (Å²) in [6.45, 7) is 1.92. The Balaban J connectivity index is 2.25. The molecule has 0 atom stereocenters. The molecule has 0 fully saturated rings. The van der Waals surface area contributed by atoms with Crippen molar-refractivity contribution in [1.29, 1.82) is 0 Å². The van der Waals surface area contributed by atoms with Gasteiger partial charge in [0, 0.05) is 37.6 Å². The van der Waals surface area contributed by atoms with E-state index in [1.165, 1.54) is 0 Å². The molecule has 0 aliphatic heterocycles.